The Hall–Kier alpha value is -2.32. The highest BCUT2D eigenvalue weighted by Crippen LogP contribution is 2.69. The number of allylic oxidation sites excluding steroid dienone is 4. The normalized spacial score (nSPS) is 42.8. The molecule has 1 N–H and O–H groups in total. The van der Waals surface area contributed by atoms with Crippen LogP contribution in [0.25, 0.3) is 0 Å². The second-order valence-corrected chi connectivity index (χ2v) is 11.2. The molecule has 182 valence electrons. The van der Waals surface area contributed by atoms with Crippen molar-refractivity contribution in [1.82, 2.24) is 0 Å². The van der Waals surface area contributed by atoms with Gasteiger partial charge in [0.1, 0.15) is 0 Å². The number of hydrogen-bond acceptors (Lipinski definition) is 7. The fourth-order valence-electron chi connectivity index (χ4n) is 7.99. The molecule has 6 nitrogen and oxygen atoms in total. The molecule has 4 aliphatic rings. The first kappa shape index (κ1) is 23.4. The first-order valence-corrected chi connectivity index (χ1v) is 12.2. The lowest BCUT2D eigenvalue weighted by molar-refractivity contribution is -0.162. The molecule has 0 unspecified atom stereocenters. The van der Waals surface area contributed by atoms with E-state index in [9.17, 15) is 19.2 Å². The van der Waals surface area contributed by atoms with Crippen molar-refractivity contribution in [2.75, 3.05) is 0 Å². The average Bonchev–Trinajstić information content (AvgIpc) is 3.40. The smallest absolute Gasteiger partial charge is 0.375 e. The summed E-state index contributed by atoms with van der Waals surface area (Å²) in [6.07, 6.45) is 8.23. The zero-order valence-corrected chi connectivity index (χ0v) is 20.3. The minimum absolute atomic E-state index is 0.00203. The lowest BCUT2D eigenvalue weighted by atomic mass is 9.46. The van der Waals surface area contributed by atoms with Crippen LogP contribution in [-0.2, 0) is 14.5 Å². The summed E-state index contributed by atoms with van der Waals surface area (Å²) in [6, 6.07) is 3.05. The minimum Gasteiger partial charge on any atom is -0.457 e. The van der Waals surface area contributed by atoms with Gasteiger partial charge in [-0.1, -0.05) is 32.4 Å². The van der Waals surface area contributed by atoms with Crippen molar-refractivity contribution in [2.45, 2.75) is 58.2 Å². The van der Waals surface area contributed by atoms with Gasteiger partial charge in [-0.25, -0.2) is 4.79 Å². The van der Waals surface area contributed by atoms with Gasteiger partial charge in [0.2, 0.25) is 5.76 Å². The van der Waals surface area contributed by atoms with E-state index >= 15 is 0 Å². The van der Waals surface area contributed by atoms with Crippen LogP contribution in [0.1, 0.15) is 57.0 Å². The molecule has 5 rings (SSSR count). The molecule has 4 aliphatic carbocycles. The first-order valence-electron chi connectivity index (χ1n) is 11.8. The maximum atomic E-state index is 13.8. The van der Waals surface area contributed by atoms with Crippen LogP contribution in [0.3, 0.4) is 0 Å². The van der Waals surface area contributed by atoms with Gasteiger partial charge in [-0.2, -0.15) is 0 Å². The Labute approximate surface area is 203 Å². The summed E-state index contributed by atoms with van der Waals surface area (Å²) >= 11 is 5.36. The van der Waals surface area contributed by atoms with Gasteiger partial charge in [-0.05, 0) is 74.0 Å². The number of rotatable bonds is 3. The Bertz CT molecular complexity index is 1090. The van der Waals surface area contributed by atoms with Crippen LogP contribution in [0.2, 0.25) is 0 Å². The summed E-state index contributed by atoms with van der Waals surface area (Å²) < 4.78 is 25.0. The van der Waals surface area contributed by atoms with Gasteiger partial charge in [0, 0.05) is 27.2 Å². The highest BCUT2D eigenvalue weighted by atomic mass is 32.1. The van der Waals surface area contributed by atoms with Gasteiger partial charge in [-0.3, -0.25) is 9.74 Å². The fourth-order valence-corrected chi connectivity index (χ4v) is 8.46. The highest BCUT2D eigenvalue weighted by molar-refractivity contribution is 7.80. The van der Waals surface area contributed by atoms with Crippen molar-refractivity contribution in [3.05, 3.63) is 48.0 Å². The standard InChI is InChI=1S/C26H29FO6S/c1-14-11-18-17-7-6-15-12-16(28)8-9-24(15,2)21(17)19(29)13-25(18,3)26(14,23(34)33-27)32-22(30)20-5-4-10-31-20/h4-5,8-10,12,14,17-19,21,29H,6-7,11,13H2,1-3H3/t14-,17+,18+,19+,21-,24+,25+,26+/m1/s1. The van der Waals surface area contributed by atoms with Crippen molar-refractivity contribution < 1.29 is 33.3 Å². The maximum absolute atomic E-state index is 13.8. The summed E-state index contributed by atoms with van der Waals surface area (Å²) in [7, 11) is 0. The van der Waals surface area contributed by atoms with Crippen LogP contribution >= 0.6 is 12.2 Å². The van der Waals surface area contributed by atoms with Crippen LogP contribution in [0, 0.1) is 34.5 Å². The molecule has 0 bridgehead atoms. The van der Waals surface area contributed by atoms with E-state index in [0.717, 1.165) is 18.4 Å². The van der Waals surface area contributed by atoms with E-state index in [1.807, 2.05) is 19.9 Å². The third-order valence-electron chi connectivity index (χ3n) is 9.39. The van der Waals surface area contributed by atoms with Crippen molar-refractivity contribution >= 4 is 29.0 Å². The molecular weight excluding hydrogens is 459 g/mol. The summed E-state index contributed by atoms with van der Waals surface area (Å²) in [6.45, 7) is 5.90. The van der Waals surface area contributed by atoms with E-state index in [2.05, 4.69) is 11.9 Å². The largest absolute Gasteiger partial charge is 0.457 e. The highest BCUT2D eigenvalue weighted by Gasteiger charge is 2.73. The zero-order valence-electron chi connectivity index (χ0n) is 19.5. The van der Waals surface area contributed by atoms with Gasteiger partial charge in [0.05, 0.1) is 12.4 Å². The van der Waals surface area contributed by atoms with Gasteiger partial charge in [0.25, 0.3) is 5.05 Å². The number of carbonyl (C=O) groups is 2. The van der Waals surface area contributed by atoms with E-state index in [4.69, 9.17) is 21.4 Å². The number of thiocarbonyl (C=S) groups is 1. The van der Waals surface area contributed by atoms with E-state index in [0.29, 0.717) is 6.42 Å². The van der Waals surface area contributed by atoms with Crippen LogP contribution in [0.15, 0.2) is 46.6 Å². The fraction of sp³-hybridized carbons (Fsp3) is 0.577. The second-order valence-electron chi connectivity index (χ2n) is 10.8. The molecule has 1 heterocycles. The third kappa shape index (κ3) is 2.97. The van der Waals surface area contributed by atoms with Crippen molar-refractivity contribution in [1.29, 1.82) is 0 Å². The summed E-state index contributed by atoms with van der Waals surface area (Å²) in [5.74, 6) is -1.16. The summed E-state index contributed by atoms with van der Waals surface area (Å²) in [5, 5.41) is 11.2. The molecule has 8 atom stereocenters. The molecule has 1 aromatic heterocycles. The Morgan fingerprint density at radius 3 is 2.79 bits per heavy atom. The molecule has 0 aliphatic heterocycles. The molecule has 3 fully saturated rings. The molecule has 3 saturated carbocycles. The van der Waals surface area contributed by atoms with E-state index in [1.165, 1.54) is 12.3 Å². The SMILES string of the molecule is C[C@@H]1C[C@H]2[C@@H]3CCC4=CC(=O)C=C[C@]4(C)[C@H]3[C@@H](O)C[C@]2(C)[C@@]1(OC(=O)c1ccco1)C(=S)OF. The van der Waals surface area contributed by atoms with E-state index in [1.54, 1.807) is 18.2 Å². The number of fused-ring (bicyclic) bond motifs is 5. The number of furan rings is 1. The topological polar surface area (TPSA) is 86.0 Å². The molecule has 1 aromatic rings. The molecule has 0 spiro atoms. The number of esters is 1. The Morgan fingerprint density at radius 1 is 1.35 bits per heavy atom. The van der Waals surface area contributed by atoms with Crippen molar-refractivity contribution in [3.63, 3.8) is 0 Å². The number of carbonyl (C=O) groups excluding carboxylic acids is 2. The predicted molar refractivity (Wildman–Crippen MR) is 124 cm³/mol. The van der Waals surface area contributed by atoms with Gasteiger partial charge in [-0.15, -0.1) is 0 Å². The van der Waals surface area contributed by atoms with Gasteiger partial charge in [0.15, 0.2) is 11.4 Å². The minimum atomic E-state index is -1.55. The molecule has 8 heteroatoms. The molecule has 0 saturated heterocycles. The monoisotopic (exact) mass is 488 g/mol. The van der Waals surface area contributed by atoms with Crippen LogP contribution in [0.5, 0.6) is 0 Å². The van der Waals surface area contributed by atoms with Crippen LogP contribution < -0.4 is 0 Å². The lowest BCUT2D eigenvalue weighted by Gasteiger charge is -2.59. The predicted octanol–water partition coefficient (Wildman–Crippen LogP) is 4.93. The summed E-state index contributed by atoms with van der Waals surface area (Å²) in [4.78, 5) is 29.2. The first-order chi connectivity index (χ1) is 16.1. The molecule has 0 aromatic carbocycles. The van der Waals surface area contributed by atoms with Crippen molar-refractivity contribution in [2.24, 2.45) is 34.5 Å². The van der Waals surface area contributed by atoms with E-state index < -0.39 is 33.6 Å². The molecule has 0 radical (unpaired) electrons. The second kappa shape index (κ2) is 7.85. The van der Waals surface area contributed by atoms with Crippen LogP contribution in [-0.4, -0.2) is 33.6 Å². The third-order valence-corrected chi connectivity index (χ3v) is 9.75. The number of ketones is 1. The number of ether oxygens (including phenoxy) is 1. The van der Waals surface area contributed by atoms with E-state index in [-0.39, 0.29) is 41.6 Å². The number of aliphatic hydroxyl groups excluding tert-OH is 1. The van der Waals surface area contributed by atoms with Crippen LogP contribution in [0.4, 0.5) is 4.53 Å². The van der Waals surface area contributed by atoms with Gasteiger partial charge < -0.3 is 14.3 Å². The average molecular weight is 489 g/mol. The number of halogens is 1. The summed E-state index contributed by atoms with van der Waals surface area (Å²) in [5.41, 5.74) is -1.79. The van der Waals surface area contributed by atoms with Crippen molar-refractivity contribution in [3.8, 4) is 0 Å². The molecular formula is C26H29FO6S. The number of aliphatic hydroxyl groups is 1. The maximum Gasteiger partial charge on any atom is 0.375 e. The Morgan fingerprint density at radius 2 is 2.12 bits per heavy atom. The number of hydrogen-bond donors (Lipinski definition) is 1. The quantitative estimate of drug-likeness (QED) is 0.477. The molecule has 0 amide bonds. The Kier molecular flexibility index (Phi) is 5.41. The zero-order chi connectivity index (χ0) is 24.5. The lowest BCUT2D eigenvalue weighted by Crippen LogP contribution is -2.63. The Balaban J connectivity index is 1.57. The molecule has 34 heavy (non-hydrogen) atoms. The van der Waals surface area contributed by atoms with Gasteiger partial charge >= 0.3 is 5.97 Å².